The van der Waals surface area contributed by atoms with Crippen LogP contribution in [0, 0.1) is 0 Å². The molecule has 0 radical (unpaired) electrons. The van der Waals surface area contributed by atoms with Gasteiger partial charge >= 0.3 is 0 Å². The summed E-state index contributed by atoms with van der Waals surface area (Å²) in [4.78, 5) is 13.1. The molecule has 0 bridgehead atoms. The van der Waals surface area contributed by atoms with Gasteiger partial charge in [-0.15, -0.1) is 0 Å². The Morgan fingerprint density at radius 1 is 0.596 bits per heavy atom. The summed E-state index contributed by atoms with van der Waals surface area (Å²) in [5, 5.41) is 64.9. The molecular weight excluding hydrogens is 723 g/mol. The number of unbranched alkanes of at least 4 members (excludes halogenated alkanes) is 25. The minimum Gasteiger partial charge on any atom is -0.394 e. The van der Waals surface area contributed by atoms with Crippen molar-refractivity contribution in [3.63, 3.8) is 0 Å². The molecule has 0 aromatic heterocycles. The van der Waals surface area contributed by atoms with Crippen LogP contribution in [0.2, 0.25) is 0 Å². The number of nitrogens with one attached hydrogen (secondary N) is 1. The largest absolute Gasteiger partial charge is 0.394 e. The maximum atomic E-state index is 13.1. The highest BCUT2D eigenvalue weighted by molar-refractivity contribution is 5.80. The van der Waals surface area contributed by atoms with Crippen LogP contribution in [0.4, 0.5) is 0 Å². The second-order valence-corrected chi connectivity index (χ2v) is 16.7. The quantitative estimate of drug-likeness (QED) is 0.0237. The van der Waals surface area contributed by atoms with E-state index in [-0.39, 0.29) is 6.61 Å². The maximum absolute atomic E-state index is 13.1. The van der Waals surface area contributed by atoms with E-state index in [1.54, 1.807) is 0 Å². The molecule has 8 unspecified atom stereocenters. The molecule has 57 heavy (non-hydrogen) atoms. The van der Waals surface area contributed by atoms with Gasteiger partial charge in [0.2, 0.25) is 5.91 Å². The smallest absolute Gasteiger partial charge is 0.249 e. The monoisotopic (exact) mass is 812 g/mol. The number of ether oxygens (including phenoxy) is 2. The molecule has 0 saturated carbocycles. The van der Waals surface area contributed by atoms with Gasteiger partial charge in [0.1, 0.15) is 30.5 Å². The first-order valence-corrected chi connectivity index (χ1v) is 23.7. The molecule has 0 spiro atoms. The number of rotatable bonds is 39. The van der Waals surface area contributed by atoms with E-state index in [0.29, 0.717) is 12.8 Å². The van der Waals surface area contributed by atoms with E-state index in [0.717, 1.165) is 57.8 Å². The molecule has 10 heteroatoms. The Labute approximate surface area is 348 Å². The molecule has 8 atom stereocenters. The van der Waals surface area contributed by atoms with Crippen LogP contribution >= 0.6 is 0 Å². The van der Waals surface area contributed by atoms with Gasteiger partial charge in [0.25, 0.3) is 0 Å². The van der Waals surface area contributed by atoms with E-state index in [1.165, 1.54) is 122 Å². The number of aliphatic hydroxyl groups excluding tert-OH is 6. The van der Waals surface area contributed by atoms with Gasteiger partial charge in [0, 0.05) is 0 Å². The van der Waals surface area contributed by atoms with Crippen molar-refractivity contribution in [1.29, 1.82) is 0 Å². The van der Waals surface area contributed by atoms with Crippen molar-refractivity contribution >= 4 is 5.91 Å². The number of carbonyl (C=O) groups excluding carboxylic acids is 1. The molecule has 0 aromatic carbocycles. The summed E-state index contributed by atoms with van der Waals surface area (Å²) in [7, 11) is 0. The number of carbonyl (C=O) groups is 1. The second kappa shape index (κ2) is 37.6. The summed E-state index contributed by atoms with van der Waals surface area (Å²) in [6.45, 7) is 3.64. The lowest BCUT2D eigenvalue weighted by atomic mass is 9.99. The summed E-state index contributed by atoms with van der Waals surface area (Å²) in [5.74, 6) is -0.588. The number of hydrogen-bond acceptors (Lipinski definition) is 9. The van der Waals surface area contributed by atoms with E-state index in [4.69, 9.17) is 9.47 Å². The Morgan fingerprint density at radius 3 is 1.51 bits per heavy atom. The molecule has 1 aliphatic heterocycles. The molecule has 0 aliphatic carbocycles. The zero-order valence-electron chi connectivity index (χ0n) is 36.5. The molecule has 1 heterocycles. The molecule has 1 rings (SSSR count). The van der Waals surface area contributed by atoms with E-state index >= 15 is 0 Å². The average molecular weight is 812 g/mol. The normalized spacial score (nSPS) is 21.7. The van der Waals surface area contributed by atoms with Crippen LogP contribution in [-0.4, -0.2) is 98.7 Å². The summed E-state index contributed by atoms with van der Waals surface area (Å²) in [6, 6.07) is -0.894. The fourth-order valence-electron chi connectivity index (χ4n) is 7.51. The first-order chi connectivity index (χ1) is 27.8. The van der Waals surface area contributed by atoms with Crippen molar-refractivity contribution in [2.45, 2.75) is 255 Å². The minimum atomic E-state index is -1.60. The van der Waals surface area contributed by atoms with Gasteiger partial charge in [-0.25, -0.2) is 0 Å². The molecular formula is C47H89NO9. The van der Waals surface area contributed by atoms with Crippen molar-refractivity contribution in [1.82, 2.24) is 5.32 Å². The summed E-state index contributed by atoms with van der Waals surface area (Å²) < 4.78 is 11.2. The Morgan fingerprint density at radius 2 is 1.02 bits per heavy atom. The number of allylic oxidation sites excluding steroid dienone is 4. The van der Waals surface area contributed by atoms with Gasteiger partial charge in [0.15, 0.2) is 6.29 Å². The van der Waals surface area contributed by atoms with Gasteiger partial charge in [-0.2, -0.15) is 0 Å². The van der Waals surface area contributed by atoms with Gasteiger partial charge in [-0.1, -0.05) is 192 Å². The third-order valence-corrected chi connectivity index (χ3v) is 11.4. The molecule has 336 valence electrons. The Balaban J connectivity index is 2.37. The van der Waals surface area contributed by atoms with Crippen LogP contribution in [0.15, 0.2) is 24.3 Å². The fourth-order valence-corrected chi connectivity index (χ4v) is 7.51. The molecule has 1 aliphatic rings. The highest BCUT2D eigenvalue weighted by Gasteiger charge is 2.44. The predicted octanol–water partition coefficient (Wildman–Crippen LogP) is 8.86. The average Bonchev–Trinajstić information content (AvgIpc) is 3.21. The minimum absolute atomic E-state index is 0.256. The van der Waals surface area contributed by atoms with Crippen molar-refractivity contribution in [2.75, 3.05) is 13.2 Å². The number of amides is 1. The lowest BCUT2D eigenvalue weighted by Gasteiger charge is -2.40. The molecule has 10 nitrogen and oxygen atoms in total. The van der Waals surface area contributed by atoms with Gasteiger partial charge in [-0.3, -0.25) is 4.79 Å². The van der Waals surface area contributed by atoms with Crippen LogP contribution in [0.5, 0.6) is 0 Å². The van der Waals surface area contributed by atoms with Gasteiger partial charge < -0.3 is 45.4 Å². The fraction of sp³-hybridized carbons (Fsp3) is 0.894. The first kappa shape index (κ1) is 53.6. The third kappa shape index (κ3) is 27.9. The Hall–Kier alpha value is -1.37. The van der Waals surface area contributed by atoms with Crippen LogP contribution in [0.1, 0.15) is 206 Å². The van der Waals surface area contributed by atoms with E-state index in [2.05, 4.69) is 43.5 Å². The maximum Gasteiger partial charge on any atom is 0.249 e. The van der Waals surface area contributed by atoms with E-state index in [9.17, 15) is 35.4 Å². The van der Waals surface area contributed by atoms with Crippen molar-refractivity contribution < 1.29 is 44.9 Å². The lowest BCUT2D eigenvalue weighted by molar-refractivity contribution is -0.302. The van der Waals surface area contributed by atoms with Crippen LogP contribution in [0.3, 0.4) is 0 Å². The third-order valence-electron chi connectivity index (χ3n) is 11.4. The molecule has 0 aromatic rings. The van der Waals surface area contributed by atoms with Crippen molar-refractivity contribution in [2.24, 2.45) is 0 Å². The number of aliphatic hydroxyl groups is 6. The summed E-state index contributed by atoms with van der Waals surface area (Å²) >= 11 is 0. The van der Waals surface area contributed by atoms with Crippen LogP contribution in [0.25, 0.3) is 0 Å². The van der Waals surface area contributed by atoms with Crippen molar-refractivity contribution in [3.05, 3.63) is 24.3 Å². The molecule has 7 N–H and O–H groups in total. The van der Waals surface area contributed by atoms with Crippen molar-refractivity contribution in [3.8, 4) is 0 Å². The van der Waals surface area contributed by atoms with Crippen LogP contribution < -0.4 is 5.32 Å². The van der Waals surface area contributed by atoms with Gasteiger partial charge in [-0.05, 0) is 38.5 Å². The highest BCUT2D eigenvalue weighted by atomic mass is 16.7. The van der Waals surface area contributed by atoms with E-state index in [1.807, 2.05) is 0 Å². The summed E-state index contributed by atoms with van der Waals surface area (Å²) in [6.07, 6.45) is 33.6. The molecule has 1 saturated heterocycles. The predicted molar refractivity (Wildman–Crippen MR) is 232 cm³/mol. The van der Waals surface area contributed by atoms with E-state index < -0.39 is 61.5 Å². The summed E-state index contributed by atoms with van der Waals surface area (Å²) in [5.41, 5.74) is 0. The molecule has 1 amide bonds. The zero-order valence-corrected chi connectivity index (χ0v) is 36.5. The lowest BCUT2D eigenvalue weighted by Crippen LogP contribution is -2.60. The topological polar surface area (TPSA) is 169 Å². The number of hydrogen-bond donors (Lipinski definition) is 7. The highest BCUT2D eigenvalue weighted by Crippen LogP contribution is 2.23. The first-order valence-electron chi connectivity index (χ1n) is 23.7. The van der Waals surface area contributed by atoms with Crippen LogP contribution in [-0.2, 0) is 14.3 Å². The SMILES string of the molecule is CCCCC/C=C\C=C/CCCCCCCCCCCC(O)C(=O)NC(COC1OC(CO)C(O)C(O)C1O)C(O)CCCCCCCCCCCCCCCC. The zero-order chi connectivity index (χ0) is 41.8. The second-order valence-electron chi connectivity index (χ2n) is 16.7. The molecule has 1 fully saturated rings. The standard InChI is InChI=1S/C47H89NO9/c1-3-5-7-9-11-13-15-17-19-20-21-22-24-26-28-30-32-34-36-41(51)46(55)48-39(38-56-47-45(54)44(53)43(52)42(37-49)57-47)40(50)35-33-31-29-27-25-23-18-16-14-12-10-8-6-4-2/h11,13,15,17,39-45,47,49-54H,3-10,12,14,16,18-38H2,1-2H3,(H,48,55)/b13-11-,17-15-. The Kier molecular flexibility index (Phi) is 35.4. The van der Waals surface area contributed by atoms with Gasteiger partial charge in [0.05, 0.1) is 25.4 Å². The Bertz CT molecular complexity index is 963.